The van der Waals surface area contributed by atoms with Crippen molar-refractivity contribution in [1.82, 2.24) is 9.97 Å². The summed E-state index contributed by atoms with van der Waals surface area (Å²) in [4.78, 5) is 6.90. The second kappa shape index (κ2) is 6.95. The van der Waals surface area contributed by atoms with Crippen molar-refractivity contribution in [2.75, 3.05) is 13.2 Å². The van der Waals surface area contributed by atoms with E-state index in [1.165, 1.54) is 18.5 Å². The van der Waals surface area contributed by atoms with Gasteiger partial charge in [0.2, 0.25) is 0 Å². The number of fused-ring (bicyclic) bond motifs is 1. The summed E-state index contributed by atoms with van der Waals surface area (Å²) in [5.74, 6) is 0. The lowest BCUT2D eigenvalue weighted by Gasteiger charge is -2.37. The summed E-state index contributed by atoms with van der Waals surface area (Å²) in [5, 5.41) is 9.73. The molecule has 0 spiro atoms. The summed E-state index contributed by atoms with van der Waals surface area (Å²) in [6, 6.07) is 1.59. The molecule has 3 rings (SSSR count). The number of rotatable bonds is 4. The van der Waals surface area contributed by atoms with Crippen LogP contribution in [-0.2, 0) is 10.3 Å². The van der Waals surface area contributed by atoms with Crippen molar-refractivity contribution in [3.8, 4) is 0 Å². The number of nitrogens with one attached hydrogen (secondary N) is 1. The smallest absolute Gasteiger partial charge is 0.392 e. The molecule has 2 heterocycles. The highest BCUT2D eigenvalue weighted by molar-refractivity contribution is 9.10. The van der Waals surface area contributed by atoms with Gasteiger partial charge in [-0.3, -0.25) is 0 Å². The van der Waals surface area contributed by atoms with Gasteiger partial charge in [-0.05, 0) is 34.1 Å². The molecule has 140 valence electrons. The number of ether oxygens (including phenoxy) is 1. The Kier molecular flexibility index (Phi) is 5.17. The van der Waals surface area contributed by atoms with E-state index in [0.29, 0.717) is 15.5 Å². The van der Waals surface area contributed by atoms with Crippen molar-refractivity contribution in [3.63, 3.8) is 0 Å². The first-order valence-electron chi connectivity index (χ1n) is 7.34. The Hall–Kier alpha value is -1.42. The molecule has 2 N–H and O–H groups in total. The van der Waals surface area contributed by atoms with Gasteiger partial charge in [0.05, 0.1) is 6.61 Å². The van der Waals surface area contributed by atoms with Crippen molar-refractivity contribution in [2.24, 2.45) is 0 Å². The first kappa shape index (κ1) is 19.3. The third kappa shape index (κ3) is 3.40. The fourth-order valence-corrected chi connectivity index (χ4v) is 3.40. The maximum atomic E-state index is 15.3. The highest BCUT2D eigenvalue weighted by atomic mass is 79.9. The first-order valence-corrected chi connectivity index (χ1v) is 8.51. The summed E-state index contributed by atoms with van der Waals surface area (Å²) in [6.45, 7) is -2.44. The summed E-state index contributed by atoms with van der Waals surface area (Å²) in [6.07, 6.45) is -1.60. The van der Waals surface area contributed by atoms with Gasteiger partial charge in [0.25, 0.3) is 0 Å². The quantitative estimate of drug-likeness (QED) is 0.668. The number of nitrogens with zero attached hydrogens (tertiary/aromatic N) is 1. The number of H-pyrrole nitrogens is 1. The minimum atomic E-state index is -4.67. The maximum absolute atomic E-state index is 15.3. The van der Waals surface area contributed by atoms with Gasteiger partial charge in [0.1, 0.15) is 17.9 Å². The number of allylic oxidation sites excluding steroid dienone is 2. The normalized spacial score (nSPS) is 23.9. The minimum Gasteiger partial charge on any atom is -0.392 e. The molecule has 2 atom stereocenters. The number of aliphatic hydroxyl groups is 1. The van der Waals surface area contributed by atoms with Crippen LogP contribution in [0.2, 0.25) is 0 Å². The van der Waals surface area contributed by atoms with Crippen LogP contribution in [0.15, 0.2) is 45.7 Å². The van der Waals surface area contributed by atoms with Crippen LogP contribution in [-0.4, -0.2) is 40.6 Å². The fraction of sp³-hybridized carbons (Fsp3) is 0.312. The number of aliphatic hydroxyl groups excluding tert-OH is 1. The van der Waals surface area contributed by atoms with Crippen molar-refractivity contribution in [3.05, 3.63) is 51.3 Å². The molecule has 0 saturated heterocycles. The molecule has 10 heteroatoms. The molecular weight excluding hydrogens is 444 g/mol. The van der Waals surface area contributed by atoms with Crippen LogP contribution in [0.1, 0.15) is 5.56 Å². The number of pyridine rings is 1. The topological polar surface area (TPSA) is 58.1 Å². The minimum absolute atomic E-state index is 0.0784. The van der Waals surface area contributed by atoms with E-state index >= 15 is 4.39 Å². The lowest BCUT2D eigenvalue weighted by Crippen LogP contribution is -2.43. The lowest BCUT2D eigenvalue weighted by molar-refractivity contribution is -0.207. The van der Waals surface area contributed by atoms with E-state index in [-0.39, 0.29) is 16.2 Å². The van der Waals surface area contributed by atoms with Crippen molar-refractivity contribution in [1.29, 1.82) is 0 Å². The van der Waals surface area contributed by atoms with Crippen LogP contribution >= 0.6 is 27.5 Å². The molecule has 2 aromatic rings. The van der Waals surface area contributed by atoms with E-state index in [1.807, 2.05) is 0 Å². The van der Waals surface area contributed by atoms with Crippen molar-refractivity contribution >= 4 is 38.6 Å². The van der Waals surface area contributed by atoms with E-state index in [1.54, 1.807) is 6.07 Å². The summed E-state index contributed by atoms with van der Waals surface area (Å²) < 4.78 is 59.3. The number of aromatic amines is 1. The van der Waals surface area contributed by atoms with Crippen LogP contribution < -0.4 is 0 Å². The number of alkyl halides is 4. The first-order chi connectivity index (χ1) is 12.2. The largest absolute Gasteiger partial charge is 0.411 e. The Morgan fingerprint density at radius 1 is 1.42 bits per heavy atom. The molecule has 0 aromatic carbocycles. The summed E-state index contributed by atoms with van der Waals surface area (Å²) in [5.41, 5.74) is -1.91. The molecule has 0 bridgehead atoms. The summed E-state index contributed by atoms with van der Waals surface area (Å²) >= 11 is 9.12. The van der Waals surface area contributed by atoms with E-state index < -0.39 is 31.2 Å². The molecule has 0 aliphatic heterocycles. The van der Waals surface area contributed by atoms with Crippen molar-refractivity contribution in [2.45, 2.75) is 17.9 Å². The van der Waals surface area contributed by atoms with Gasteiger partial charge in [-0.1, -0.05) is 11.6 Å². The third-order valence-corrected chi connectivity index (χ3v) is 4.83. The van der Waals surface area contributed by atoms with Crippen molar-refractivity contribution < 1.29 is 27.4 Å². The number of hydrogen-bond acceptors (Lipinski definition) is 3. The number of aromatic nitrogens is 2. The van der Waals surface area contributed by atoms with E-state index in [0.717, 1.165) is 6.08 Å². The Morgan fingerprint density at radius 3 is 2.81 bits per heavy atom. The zero-order valence-electron chi connectivity index (χ0n) is 12.9. The van der Waals surface area contributed by atoms with E-state index in [2.05, 4.69) is 25.9 Å². The van der Waals surface area contributed by atoms with Crippen LogP contribution in [0.5, 0.6) is 0 Å². The van der Waals surface area contributed by atoms with Crippen LogP contribution in [0.25, 0.3) is 11.0 Å². The highest BCUT2D eigenvalue weighted by Gasteiger charge is 2.48. The molecule has 0 fully saturated rings. The number of hydrogen-bond donors (Lipinski definition) is 2. The molecule has 0 amide bonds. The predicted octanol–water partition coefficient (Wildman–Crippen LogP) is 4.49. The van der Waals surface area contributed by atoms with Gasteiger partial charge in [0.15, 0.2) is 6.17 Å². The molecular formula is C16H12BrClF4N2O2. The Labute approximate surface area is 158 Å². The molecule has 26 heavy (non-hydrogen) atoms. The van der Waals surface area contributed by atoms with Gasteiger partial charge >= 0.3 is 6.18 Å². The third-order valence-electron chi connectivity index (χ3n) is 4.03. The Morgan fingerprint density at radius 2 is 2.15 bits per heavy atom. The van der Waals surface area contributed by atoms with Crippen LogP contribution in [0.3, 0.4) is 0 Å². The van der Waals surface area contributed by atoms with Gasteiger partial charge in [-0.2, -0.15) is 13.2 Å². The van der Waals surface area contributed by atoms with Gasteiger partial charge in [-0.15, -0.1) is 0 Å². The van der Waals surface area contributed by atoms with Crippen LogP contribution in [0, 0.1) is 0 Å². The van der Waals surface area contributed by atoms with Crippen LogP contribution in [0.4, 0.5) is 17.6 Å². The molecule has 4 nitrogen and oxygen atoms in total. The molecule has 0 radical (unpaired) electrons. The second-order valence-electron chi connectivity index (χ2n) is 5.68. The second-order valence-corrected chi connectivity index (χ2v) is 7.00. The van der Waals surface area contributed by atoms with E-state index in [9.17, 15) is 18.3 Å². The Bertz CT molecular complexity index is 896. The van der Waals surface area contributed by atoms with Gasteiger partial charge in [-0.25, -0.2) is 9.37 Å². The standard InChI is InChI=1S/C16H12BrClF4N2O2/c17-8-3-9-11(5-24-14(9)23-4-8)15(26-7-16(20,21)22)2-1-12(18)10(6-25)13(15)19/h1-5,13,25H,6-7H2,(H,23,24). The lowest BCUT2D eigenvalue weighted by atomic mass is 9.81. The summed E-state index contributed by atoms with van der Waals surface area (Å²) in [7, 11) is 0. The zero-order valence-corrected chi connectivity index (χ0v) is 15.3. The van der Waals surface area contributed by atoms with Gasteiger partial charge < -0.3 is 14.8 Å². The highest BCUT2D eigenvalue weighted by Crippen LogP contribution is 2.45. The molecule has 2 unspecified atom stereocenters. The molecule has 1 aliphatic rings. The van der Waals surface area contributed by atoms with Gasteiger partial charge in [0, 0.05) is 38.4 Å². The fourth-order valence-electron chi connectivity index (χ4n) is 2.85. The number of halogens is 6. The molecule has 1 aliphatic carbocycles. The monoisotopic (exact) mass is 454 g/mol. The molecule has 2 aromatic heterocycles. The maximum Gasteiger partial charge on any atom is 0.411 e. The SMILES string of the molecule is OCC1=C(Cl)C=CC(OCC(F)(F)F)(c2c[nH]c3ncc(Br)cc23)C1F. The zero-order chi connectivity index (χ0) is 19.1. The van der Waals surface area contributed by atoms with E-state index in [4.69, 9.17) is 16.3 Å². The average Bonchev–Trinajstić information content (AvgIpc) is 2.98. The Balaban J connectivity index is 2.18. The molecule has 0 saturated carbocycles. The average molecular weight is 456 g/mol. The predicted molar refractivity (Wildman–Crippen MR) is 91.5 cm³/mol.